The predicted molar refractivity (Wildman–Crippen MR) is 65.4 cm³/mol. The molecule has 0 saturated carbocycles. The molecule has 0 aliphatic heterocycles. The van der Waals surface area contributed by atoms with Crippen molar-refractivity contribution in [2.45, 2.75) is 32.9 Å². The molecule has 1 atom stereocenters. The summed E-state index contributed by atoms with van der Waals surface area (Å²) in [6.07, 6.45) is 2.11. The van der Waals surface area contributed by atoms with Gasteiger partial charge in [0.05, 0.1) is 17.7 Å². The zero-order valence-corrected chi connectivity index (χ0v) is 10.4. The van der Waals surface area contributed by atoms with Gasteiger partial charge in [0.15, 0.2) is 0 Å². The second kappa shape index (κ2) is 6.15. The Kier molecular flexibility index (Phi) is 4.85. The average molecular weight is 255 g/mol. The lowest BCUT2D eigenvalue weighted by atomic mass is 10.3. The quantitative estimate of drug-likeness (QED) is 0.583. The van der Waals surface area contributed by atoms with Gasteiger partial charge in [-0.3, -0.25) is 14.9 Å². The number of hydrogen-bond acceptors (Lipinski definition) is 4. The fourth-order valence-corrected chi connectivity index (χ4v) is 1.55. The molecule has 7 nitrogen and oxygen atoms in total. The highest BCUT2D eigenvalue weighted by atomic mass is 16.6. The Morgan fingerprint density at radius 2 is 2.33 bits per heavy atom. The number of nitrogens with zero attached hydrogens (tertiary/aromatic N) is 2. The Bertz CT molecular complexity index is 441. The molecular weight excluding hydrogens is 238 g/mol. The number of amides is 1. The van der Waals surface area contributed by atoms with Gasteiger partial charge in [-0.05, 0) is 13.3 Å². The average Bonchev–Trinajstić information content (AvgIpc) is 2.73. The highest BCUT2D eigenvalue weighted by molar-refractivity contribution is 5.93. The van der Waals surface area contributed by atoms with Gasteiger partial charge >= 0.3 is 0 Å². The van der Waals surface area contributed by atoms with E-state index < -0.39 is 10.8 Å². The lowest BCUT2D eigenvalue weighted by Crippen LogP contribution is -2.36. The van der Waals surface area contributed by atoms with Gasteiger partial charge in [-0.15, -0.1) is 0 Å². The largest absolute Gasteiger partial charge is 0.394 e. The molecule has 1 aromatic heterocycles. The molecule has 0 aromatic carbocycles. The van der Waals surface area contributed by atoms with Gasteiger partial charge in [0.25, 0.3) is 11.6 Å². The highest BCUT2D eigenvalue weighted by Crippen LogP contribution is 2.17. The van der Waals surface area contributed by atoms with Gasteiger partial charge in [-0.1, -0.05) is 6.92 Å². The lowest BCUT2D eigenvalue weighted by molar-refractivity contribution is -0.384. The summed E-state index contributed by atoms with van der Waals surface area (Å²) < 4.78 is 1.55. The summed E-state index contributed by atoms with van der Waals surface area (Å²) in [4.78, 5) is 22.0. The number of rotatable bonds is 6. The van der Waals surface area contributed by atoms with E-state index in [-0.39, 0.29) is 24.0 Å². The summed E-state index contributed by atoms with van der Waals surface area (Å²) in [6.45, 7) is 3.93. The number of aryl methyl sites for hydroxylation is 1. The van der Waals surface area contributed by atoms with Crippen LogP contribution in [0.25, 0.3) is 0 Å². The number of aliphatic hydroxyl groups is 1. The Hall–Kier alpha value is -1.89. The zero-order chi connectivity index (χ0) is 13.7. The summed E-state index contributed by atoms with van der Waals surface area (Å²) >= 11 is 0. The summed E-state index contributed by atoms with van der Waals surface area (Å²) in [5, 5.41) is 22.1. The van der Waals surface area contributed by atoms with Crippen molar-refractivity contribution in [1.29, 1.82) is 0 Å². The van der Waals surface area contributed by atoms with Crippen LogP contribution in [0.4, 0.5) is 5.69 Å². The molecule has 0 radical (unpaired) electrons. The first kappa shape index (κ1) is 14.2. The van der Waals surface area contributed by atoms with Crippen LogP contribution in [0.3, 0.4) is 0 Å². The second-order valence-electron chi connectivity index (χ2n) is 4.09. The monoisotopic (exact) mass is 255 g/mol. The molecule has 0 unspecified atom stereocenters. The van der Waals surface area contributed by atoms with E-state index in [2.05, 4.69) is 5.32 Å². The molecule has 1 heterocycles. The first-order valence-corrected chi connectivity index (χ1v) is 5.75. The van der Waals surface area contributed by atoms with Crippen molar-refractivity contribution >= 4 is 11.6 Å². The molecule has 0 saturated heterocycles. The van der Waals surface area contributed by atoms with Gasteiger partial charge < -0.3 is 15.0 Å². The van der Waals surface area contributed by atoms with Crippen LogP contribution in [-0.4, -0.2) is 33.2 Å². The third-order valence-electron chi connectivity index (χ3n) is 2.44. The van der Waals surface area contributed by atoms with E-state index in [1.54, 1.807) is 11.5 Å². The fraction of sp³-hybridized carbons (Fsp3) is 0.545. The third kappa shape index (κ3) is 3.30. The van der Waals surface area contributed by atoms with E-state index in [0.717, 1.165) is 6.42 Å². The number of aliphatic hydroxyl groups excluding tert-OH is 1. The van der Waals surface area contributed by atoms with Gasteiger partial charge in [0.1, 0.15) is 5.69 Å². The first-order valence-electron chi connectivity index (χ1n) is 5.75. The van der Waals surface area contributed by atoms with Crippen molar-refractivity contribution in [2.75, 3.05) is 6.61 Å². The van der Waals surface area contributed by atoms with Crippen molar-refractivity contribution in [3.05, 3.63) is 28.1 Å². The maximum atomic E-state index is 11.9. The Morgan fingerprint density at radius 1 is 1.67 bits per heavy atom. The normalized spacial score (nSPS) is 12.2. The van der Waals surface area contributed by atoms with E-state index in [1.165, 1.54) is 12.3 Å². The molecule has 1 aromatic rings. The topological polar surface area (TPSA) is 97.4 Å². The van der Waals surface area contributed by atoms with Crippen LogP contribution in [-0.2, 0) is 6.54 Å². The van der Waals surface area contributed by atoms with Gasteiger partial charge in [-0.2, -0.15) is 0 Å². The van der Waals surface area contributed by atoms with Crippen LogP contribution in [0.2, 0.25) is 0 Å². The summed E-state index contributed by atoms with van der Waals surface area (Å²) in [7, 11) is 0. The fourth-order valence-electron chi connectivity index (χ4n) is 1.55. The minimum Gasteiger partial charge on any atom is -0.394 e. The van der Waals surface area contributed by atoms with E-state index in [0.29, 0.717) is 6.54 Å². The molecule has 0 aliphatic carbocycles. The molecule has 1 amide bonds. The van der Waals surface area contributed by atoms with Crippen molar-refractivity contribution in [3.63, 3.8) is 0 Å². The minimum atomic E-state index is -0.529. The van der Waals surface area contributed by atoms with Crippen molar-refractivity contribution < 1.29 is 14.8 Å². The molecular formula is C11H17N3O4. The molecule has 0 fully saturated rings. The molecule has 0 bridgehead atoms. The van der Waals surface area contributed by atoms with E-state index in [1.807, 2.05) is 6.92 Å². The smallest absolute Gasteiger partial charge is 0.287 e. The maximum absolute atomic E-state index is 11.9. The van der Waals surface area contributed by atoms with E-state index >= 15 is 0 Å². The van der Waals surface area contributed by atoms with Crippen molar-refractivity contribution in [3.8, 4) is 0 Å². The van der Waals surface area contributed by atoms with E-state index in [4.69, 9.17) is 5.11 Å². The number of carbonyl (C=O) groups is 1. The van der Waals surface area contributed by atoms with Crippen LogP contribution in [0.5, 0.6) is 0 Å². The summed E-state index contributed by atoms with van der Waals surface area (Å²) in [6, 6.07) is 0.858. The summed E-state index contributed by atoms with van der Waals surface area (Å²) in [5.41, 5.74) is 0.133. The molecule has 1 rings (SSSR count). The number of carbonyl (C=O) groups excluding carboxylic acids is 1. The Morgan fingerprint density at radius 3 is 2.83 bits per heavy atom. The van der Waals surface area contributed by atoms with Crippen LogP contribution in [0.1, 0.15) is 30.8 Å². The standard InChI is InChI=1S/C11H17N3O4/c1-3-4-13-6-9(14(17)18)5-10(13)11(16)12-8(2)7-15/h5-6,8,15H,3-4,7H2,1-2H3,(H,12,16)/t8-/m0/s1. The third-order valence-corrected chi connectivity index (χ3v) is 2.44. The number of nitro groups is 1. The van der Waals surface area contributed by atoms with Crippen molar-refractivity contribution in [1.82, 2.24) is 9.88 Å². The Balaban J connectivity index is 2.97. The lowest BCUT2D eigenvalue weighted by Gasteiger charge is -2.12. The SMILES string of the molecule is CCCn1cc([N+](=O)[O-])cc1C(=O)N[C@@H](C)CO. The van der Waals surface area contributed by atoms with Crippen LogP contribution >= 0.6 is 0 Å². The molecule has 0 spiro atoms. The molecule has 18 heavy (non-hydrogen) atoms. The van der Waals surface area contributed by atoms with Crippen LogP contribution in [0, 0.1) is 10.1 Å². The van der Waals surface area contributed by atoms with Crippen molar-refractivity contribution in [2.24, 2.45) is 0 Å². The zero-order valence-electron chi connectivity index (χ0n) is 10.4. The first-order chi connectivity index (χ1) is 8.49. The Labute approximate surface area is 105 Å². The van der Waals surface area contributed by atoms with Gasteiger partial charge in [0, 0.05) is 18.7 Å². The number of hydrogen-bond donors (Lipinski definition) is 2. The highest BCUT2D eigenvalue weighted by Gasteiger charge is 2.19. The molecule has 7 heteroatoms. The minimum absolute atomic E-state index is 0.106. The molecule has 2 N–H and O–H groups in total. The predicted octanol–water partition coefficient (Wildman–Crippen LogP) is 0.917. The molecule has 0 aliphatic rings. The number of nitrogens with one attached hydrogen (secondary N) is 1. The summed E-state index contributed by atoms with van der Waals surface area (Å²) in [5.74, 6) is -0.418. The van der Waals surface area contributed by atoms with Crippen LogP contribution < -0.4 is 5.32 Å². The number of aromatic nitrogens is 1. The molecule has 100 valence electrons. The van der Waals surface area contributed by atoms with Gasteiger partial charge in [0.2, 0.25) is 0 Å². The van der Waals surface area contributed by atoms with Gasteiger partial charge in [-0.25, -0.2) is 0 Å². The maximum Gasteiger partial charge on any atom is 0.287 e. The van der Waals surface area contributed by atoms with Crippen LogP contribution in [0.15, 0.2) is 12.3 Å². The second-order valence-corrected chi connectivity index (χ2v) is 4.09. The van der Waals surface area contributed by atoms with E-state index in [9.17, 15) is 14.9 Å².